The molecular formula is C33H20N4. The molecule has 4 heteroatoms. The van der Waals surface area contributed by atoms with E-state index >= 15 is 0 Å². The number of fused-ring (bicyclic) bond motifs is 15. The van der Waals surface area contributed by atoms with Crippen molar-refractivity contribution in [3.63, 3.8) is 0 Å². The van der Waals surface area contributed by atoms with Gasteiger partial charge in [0.15, 0.2) is 0 Å². The molecule has 0 fully saturated rings. The van der Waals surface area contributed by atoms with Gasteiger partial charge in [-0.2, -0.15) is 0 Å². The Bertz CT molecular complexity index is 2220. The van der Waals surface area contributed by atoms with Gasteiger partial charge in [0.25, 0.3) is 0 Å². The second-order valence-corrected chi connectivity index (χ2v) is 9.84. The van der Waals surface area contributed by atoms with Crippen LogP contribution in [0.5, 0.6) is 0 Å². The summed E-state index contributed by atoms with van der Waals surface area (Å²) in [6.07, 6.45) is 6.70. The van der Waals surface area contributed by atoms with Crippen molar-refractivity contribution in [2.24, 2.45) is 0 Å². The highest BCUT2D eigenvalue weighted by molar-refractivity contribution is 6.33. The van der Waals surface area contributed by atoms with Gasteiger partial charge in [0.1, 0.15) is 11.3 Å². The largest absolute Gasteiger partial charge is 0.309 e. The monoisotopic (exact) mass is 472 g/mol. The minimum absolute atomic E-state index is 0.891. The van der Waals surface area contributed by atoms with E-state index in [0.717, 1.165) is 23.1 Å². The lowest BCUT2D eigenvalue weighted by Gasteiger charge is -2.16. The Morgan fingerprint density at radius 1 is 0.622 bits per heavy atom. The summed E-state index contributed by atoms with van der Waals surface area (Å²) in [5.74, 6) is 0. The lowest BCUT2D eigenvalue weighted by molar-refractivity contribution is 1.18. The van der Waals surface area contributed by atoms with Gasteiger partial charge in [0.05, 0.1) is 11.0 Å². The zero-order valence-electron chi connectivity index (χ0n) is 19.9. The van der Waals surface area contributed by atoms with Gasteiger partial charge in [-0.05, 0) is 53.4 Å². The summed E-state index contributed by atoms with van der Waals surface area (Å²) >= 11 is 0. The second-order valence-electron chi connectivity index (χ2n) is 9.84. The number of aromatic nitrogens is 4. The zero-order valence-corrected chi connectivity index (χ0v) is 19.9. The topological polar surface area (TPSA) is 35.1 Å². The van der Waals surface area contributed by atoms with Gasteiger partial charge in [0, 0.05) is 56.8 Å². The van der Waals surface area contributed by atoms with Gasteiger partial charge in [-0.15, -0.1) is 0 Å². The van der Waals surface area contributed by atoms with Crippen LogP contribution in [0.1, 0.15) is 11.1 Å². The first-order valence-corrected chi connectivity index (χ1v) is 12.7. The van der Waals surface area contributed by atoms with Gasteiger partial charge in [-0.3, -0.25) is 4.40 Å². The Labute approximate surface area is 212 Å². The van der Waals surface area contributed by atoms with Crippen molar-refractivity contribution in [1.82, 2.24) is 18.9 Å². The number of benzene rings is 4. The van der Waals surface area contributed by atoms with Crippen molar-refractivity contribution >= 4 is 49.3 Å². The van der Waals surface area contributed by atoms with Crippen molar-refractivity contribution < 1.29 is 0 Å². The van der Waals surface area contributed by atoms with Gasteiger partial charge in [-0.25, -0.2) is 9.97 Å². The molecule has 0 spiro atoms. The van der Waals surface area contributed by atoms with Crippen LogP contribution in [-0.2, 0) is 6.42 Å². The zero-order chi connectivity index (χ0) is 24.1. The molecule has 4 heterocycles. The third-order valence-corrected chi connectivity index (χ3v) is 8.03. The van der Waals surface area contributed by atoms with Crippen molar-refractivity contribution in [2.45, 2.75) is 6.42 Å². The Kier molecular flexibility index (Phi) is 3.55. The molecule has 0 N–H and O–H groups in total. The maximum Gasteiger partial charge on any atom is 0.146 e. The molecule has 172 valence electrons. The molecule has 9 rings (SSSR count). The molecule has 0 aliphatic heterocycles. The summed E-state index contributed by atoms with van der Waals surface area (Å²) in [7, 11) is 0. The number of hydrogen-bond acceptors (Lipinski definition) is 2. The Morgan fingerprint density at radius 2 is 1.41 bits per heavy atom. The molecule has 4 aromatic carbocycles. The molecule has 0 atom stereocenters. The van der Waals surface area contributed by atoms with Crippen molar-refractivity contribution in [3.05, 3.63) is 121 Å². The predicted octanol–water partition coefficient (Wildman–Crippen LogP) is 7.70. The second kappa shape index (κ2) is 6.83. The van der Waals surface area contributed by atoms with E-state index in [4.69, 9.17) is 9.97 Å². The van der Waals surface area contributed by atoms with Crippen LogP contribution in [0.25, 0.3) is 66.1 Å². The molecule has 0 bridgehead atoms. The fraction of sp³-hybridized carbons (Fsp3) is 0.0303. The highest BCUT2D eigenvalue weighted by atomic mass is 15.0. The smallest absolute Gasteiger partial charge is 0.146 e. The van der Waals surface area contributed by atoms with Gasteiger partial charge in [0.2, 0.25) is 0 Å². The van der Waals surface area contributed by atoms with Crippen LogP contribution < -0.4 is 0 Å². The van der Waals surface area contributed by atoms with E-state index in [-0.39, 0.29) is 0 Å². The quantitative estimate of drug-likeness (QED) is 0.229. The lowest BCUT2D eigenvalue weighted by Crippen LogP contribution is -1.99. The van der Waals surface area contributed by atoms with Crippen LogP contribution in [-0.4, -0.2) is 18.9 Å². The van der Waals surface area contributed by atoms with Crippen LogP contribution in [0.3, 0.4) is 0 Å². The van der Waals surface area contributed by atoms with E-state index in [0.29, 0.717) is 0 Å². The Hall–Kier alpha value is -4.96. The molecule has 4 nitrogen and oxygen atoms in total. The standard InChI is InChI=1S/C33H20N4/c1-2-10-21(11-3-1)37-26-15-7-6-13-23(26)29-28-24-14-8-16-34-32(24)36-18-17-35-33(36)30(28)25-19-20-9-4-5-12-22(20)27(25)31(29)37/h1-18H,19H2. The number of imidazole rings is 1. The van der Waals surface area contributed by atoms with E-state index < -0.39 is 0 Å². The van der Waals surface area contributed by atoms with Crippen molar-refractivity contribution in [2.75, 3.05) is 0 Å². The summed E-state index contributed by atoms with van der Waals surface area (Å²) < 4.78 is 4.62. The van der Waals surface area contributed by atoms with Gasteiger partial charge in [-0.1, -0.05) is 60.7 Å². The predicted molar refractivity (Wildman–Crippen MR) is 151 cm³/mol. The summed E-state index contributed by atoms with van der Waals surface area (Å²) in [5, 5.41) is 6.16. The first kappa shape index (κ1) is 19.3. The minimum Gasteiger partial charge on any atom is -0.309 e. The molecule has 37 heavy (non-hydrogen) atoms. The maximum atomic E-state index is 4.91. The maximum absolute atomic E-state index is 4.91. The Morgan fingerprint density at radius 3 is 2.35 bits per heavy atom. The fourth-order valence-corrected chi connectivity index (χ4v) is 6.65. The number of para-hydroxylation sites is 2. The highest BCUT2D eigenvalue weighted by Crippen LogP contribution is 2.51. The number of pyridine rings is 2. The summed E-state index contributed by atoms with van der Waals surface area (Å²) in [4.78, 5) is 9.74. The van der Waals surface area contributed by atoms with Crippen LogP contribution in [0, 0.1) is 0 Å². The van der Waals surface area contributed by atoms with Crippen LogP contribution >= 0.6 is 0 Å². The molecular weight excluding hydrogens is 452 g/mol. The molecule has 4 aromatic heterocycles. The van der Waals surface area contributed by atoms with E-state index in [1.165, 1.54) is 60.5 Å². The third-order valence-electron chi connectivity index (χ3n) is 8.03. The fourth-order valence-electron chi connectivity index (χ4n) is 6.65. The molecule has 8 aromatic rings. The first-order valence-electron chi connectivity index (χ1n) is 12.7. The number of hydrogen-bond donors (Lipinski definition) is 0. The molecule has 0 saturated heterocycles. The SMILES string of the molecule is c1ccc(-n2c3ccccc3c3c4c5cccnc5n5ccnc5c4c4c(c32)-c2ccccc2C4)cc1. The average Bonchev–Trinajstić information content (AvgIpc) is 3.67. The van der Waals surface area contributed by atoms with E-state index in [1.54, 1.807) is 0 Å². The molecule has 0 unspecified atom stereocenters. The summed E-state index contributed by atoms with van der Waals surface area (Å²) in [6, 6.07) is 32.7. The summed E-state index contributed by atoms with van der Waals surface area (Å²) in [6.45, 7) is 0. The molecule has 0 radical (unpaired) electrons. The minimum atomic E-state index is 0.891. The van der Waals surface area contributed by atoms with Gasteiger partial charge < -0.3 is 4.57 Å². The molecule has 0 saturated carbocycles. The van der Waals surface area contributed by atoms with Crippen LogP contribution in [0.15, 0.2) is 110 Å². The van der Waals surface area contributed by atoms with Crippen molar-refractivity contribution in [1.29, 1.82) is 0 Å². The number of nitrogens with zero attached hydrogens (tertiary/aromatic N) is 4. The average molecular weight is 473 g/mol. The lowest BCUT2D eigenvalue weighted by atomic mass is 9.93. The molecule has 0 amide bonds. The van der Waals surface area contributed by atoms with E-state index in [1.807, 2.05) is 18.6 Å². The normalized spacial score (nSPS) is 12.8. The first-order chi connectivity index (χ1) is 18.4. The Balaban J connectivity index is 1.69. The molecule has 1 aliphatic rings. The van der Waals surface area contributed by atoms with Crippen molar-refractivity contribution in [3.8, 4) is 16.8 Å². The van der Waals surface area contributed by atoms with E-state index in [2.05, 4.69) is 100.0 Å². The van der Waals surface area contributed by atoms with E-state index in [9.17, 15) is 0 Å². The third kappa shape index (κ3) is 2.33. The highest BCUT2D eigenvalue weighted by Gasteiger charge is 2.30. The van der Waals surface area contributed by atoms with Gasteiger partial charge >= 0.3 is 0 Å². The van der Waals surface area contributed by atoms with Crippen LogP contribution in [0.4, 0.5) is 0 Å². The number of rotatable bonds is 1. The van der Waals surface area contributed by atoms with Crippen LogP contribution in [0.2, 0.25) is 0 Å². The summed E-state index contributed by atoms with van der Waals surface area (Å²) in [5.41, 5.74) is 10.9. The molecule has 1 aliphatic carbocycles.